The molecule has 0 atom stereocenters. The smallest absolute Gasteiger partial charge is 0.270 e. The summed E-state index contributed by atoms with van der Waals surface area (Å²) >= 11 is 0. The van der Waals surface area contributed by atoms with Crippen LogP contribution in [0.2, 0.25) is 0 Å². The van der Waals surface area contributed by atoms with Crippen LogP contribution in [0.15, 0.2) is 36.4 Å². The molecule has 1 aliphatic rings. The molecule has 0 saturated heterocycles. The largest absolute Gasteiger partial charge is 0.348 e. The van der Waals surface area contributed by atoms with Crippen LogP contribution < -0.4 is 10.2 Å². The van der Waals surface area contributed by atoms with Gasteiger partial charge in [0.05, 0.1) is 0 Å². The van der Waals surface area contributed by atoms with Crippen molar-refractivity contribution in [2.24, 2.45) is 0 Å². The van der Waals surface area contributed by atoms with Crippen LogP contribution in [0.1, 0.15) is 60.3 Å². The van der Waals surface area contributed by atoms with E-state index in [4.69, 9.17) is 0 Å². The van der Waals surface area contributed by atoms with E-state index >= 15 is 0 Å². The van der Waals surface area contributed by atoms with Gasteiger partial charge in [-0.3, -0.25) is 4.79 Å². The Balaban J connectivity index is 1.71. The number of nitrogens with one attached hydrogen (secondary N) is 1. The number of nitrogens with zero attached hydrogens (tertiary/aromatic N) is 3. The molecular formula is C21H28N4O. The molecule has 5 nitrogen and oxygen atoms in total. The average Bonchev–Trinajstić information content (AvgIpc) is 2.90. The Morgan fingerprint density at radius 3 is 2.50 bits per heavy atom. The Labute approximate surface area is 155 Å². The number of benzene rings is 1. The van der Waals surface area contributed by atoms with Gasteiger partial charge in [0.1, 0.15) is 5.69 Å². The molecule has 0 bridgehead atoms. The number of carbonyl (C=O) groups is 1. The Kier molecular flexibility index (Phi) is 6.21. The fraction of sp³-hybridized carbons (Fsp3) is 0.476. The highest BCUT2D eigenvalue weighted by molar-refractivity contribution is 5.92. The van der Waals surface area contributed by atoms with Crippen molar-refractivity contribution in [3.8, 4) is 0 Å². The highest BCUT2D eigenvalue weighted by Crippen LogP contribution is 2.18. The molecule has 1 heterocycles. The molecule has 1 fully saturated rings. The Morgan fingerprint density at radius 2 is 1.81 bits per heavy atom. The van der Waals surface area contributed by atoms with E-state index in [0.29, 0.717) is 18.2 Å². The van der Waals surface area contributed by atoms with Gasteiger partial charge in [-0.25, -0.2) is 9.97 Å². The number of aromatic nitrogens is 2. The van der Waals surface area contributed by atoms with Crippen molar-refractivity contribution in [2.45, 2.75) is 58.0 Å². The first-order valence-electron chi connectivity index (χ1n) is 9.53. The third-order valence-electron chi connectivity index (χ3n) is 4.87. The van der Waals surface area contributed by atoms with E-state index in [1.165, 1.54) is 31.2 Å². The maximum absolute atomic E-state index is 12.7. The van der Waals surface area contributed by atoms with E-state index < -0.39 is 0 Å². The number of anilines is 1. The third kappa shape index (κ3) is 5.04. The topological polar surface area (TPSA) is 58.1 Å². The second-order valence-electron chi connectivity index (χ2n) is 7.20. The summed E-state index contributed by atoms with van der Waals surface area (Å²) in [5.74, 6) is 0.497. The minimum atomic E-state index is -0.0863. The molecule has 138 valence electrons. The number of amides is 1. The van der Waals surface area contributed by atoms with Crippen molar-refractivity contribution in [3.05, 3.63) is 53.3 Å². The standard InChI is InChI=1S/C21H28N4O/c1-16-14-19(20(26)23-18-12-8-3-4-9-13-18)24-21(22-16)25(2)15-17-10-6-5-7-11-17/h5-7,10-11,14,18H,3-4,8-9,12-13,15H2,1-2H3,(H,23,26). The van der Waals surface area contributed by atoms with Crippen LogP contribution in [0, 0.1) is 6.92 Å². The van der Waals surface area contributed by atoms with E-state index in [1.54, 1.807) is 6.07 Å². The summed E-state index contributed by atoms with van der Waals surface area (Å²) in [5.41, 5.74) is 2.45. The second-order valence-corrected chi connectivity index (χ2v) is 7.20. The van der Waals surface area contributed by atoms with Crippen LogP contribution in [0.3, 0.4) is 0 Å². The molecule has 1 aromatic carbocycles. The Hall–Kier alpha value is -2.43. The van der Waals surface area contributed by atoms with Gasteiger partial charge in [-0.05, 0) is 31.4 Å². The molecule has 1 aliphatic carbocycles. The molecule has 1 saturated carbocycles. The summed E-state index contributed by atoms with van der Waals surface area (Å²) in [7, 11) is 1.95. The summed E-state index contributed by atoms with van der Waals surface area (Å²) in [6.07, 6.45) is 7.06. The molecule has 26 heavy (non-hydrogen) atoms. The molecule has 0 spiro atoms. The minimum Gasteiger partial charge on any atom is -0.348 e. The van der Waals surface area contributed by atoms with Crippen molar-refractivity contribution in [3.63, 3.8) is 0 Å². The van der Waals surface area contributed by atoms with Gasteiger partial charge < -0.3 is 10.2 Å². The Bertz CT molecular complexity index is 724. The fourth-order valence-corrected chi connectivity index (χ4v) is 3.45. The van der Waals surface area contributed by atoms with Crippen LogP contribution >= 0.6 is 0 Å². The van der Waals surface area contributed by atoms with Crippen LogP contribution in [-0.4, -0.2) is 29.0 Å². The summed E-state index contributed by atoms with van der Waals surface area (Å²) < 4.78 is 0. The van der Waals surface area contributed by atoms with E-state index in [1.807, 2.05) is 37.1 Å². The molecule has 3 rings (SSSR count). The normalized spacial score (nSPS) is 15.3. The molecule has 1 aromatic heterocycles. The summed E-state index contributed by atoms with van der Waals surface area (Å²) in [4.78, 5) is 23.7. The van der Waals surface area contributed by atoms with Gasteiger partial charge >= 0.3 is 0 Å². The van der Waals surface area contributed by atoms with Crippen molar-refractivity contribution in [2.75, 3.05) is 11.9 Å². The lowest BCUT2D eigenvalue weighted by molar-refractivity contribution is 0.0928. The van der Waals surface area contributed by atoms with E-state index in [2.05, 4.69) is 27.4 Å². The molecular weight excluding hydrogens is 324 g/mol. The van der Waals surface area contributed by atoms with Crippen molar-refractivity contribution >= 4 is 11.9 Å². The fourth-order valence-electron chi connectivity index (χ4n) is 3.45. The van der Waals surface area contributed by atoms with Gasteiger partial charge in [0.15, 0.2) is 0 Å². The van der Waals surface area contributed by atoms with E-state index in [-0.39, 0.29) is 11.9 Å². The number of rotatable bonds is 5. The monoisotopic (exact) mass is 352 g/mol. The summed E-state index contributed by atoms with van der Waals surface area (Å²) in [6.45, 7) is 2.61. The predicted molar refractivity (Wildman–Crippen MR) is 104 cm³/mol. The zero-order valence-electron chi connectivity index (χ0n) is 15.7. The van der Waals surface area contributed by atoms with Gasteiger partial charge in [0.25, 0.3) is 5.91 Å². The first-order chi connectivity index (χ1) is 12.6. The molecule has 0 aliphatic heterocycles. The van der Waals surface area contributed by atoms with Gasteiger partial charge in [-0.2, -0.15) is 0 Å². The average molecular weight is 352 g/mol. The number of hydrogen-bond acceptors (Lipinski definition) is 4. The molecule has 1 amide bonds. The first-order valence-corrected chi connectivity index (χ1v) is 9.53. The van der Waals surface area contributed by atoms with Crippen molar-refractivity contribution in [1.29, 1.82) is 0 Å². The number of hydrogen-bond donors (Lipinski definition) is 1. The summed E-state index contributed by atoms with van der Waals surface area (Å²) in [6, 6.07) is 12.2. The van der Waals surface area contributed by atoms with Crippen LogP contribution in [0.4, 0.5) is 5.95 Å². The maximum Gasteiger partial charge on any atom is 0.270 e. The second kappa shape index (κ2) is 8.79. The first kappa shape index (κ1) is 18.4. The molecule has 0 unspecified atom stereocenters. The van der Waals surface area contributed by atoms with Crippen LogP contribution in [-0.2, 0) is 6.54 Å². The van der Waals surface area contributed by atoms with Crippen LogP contribution in [0.25, 0.3) is 0 Å². The lowest BCUT2D eigenvalue weighted by Crippen LogP contribution is -2.35. The van der Waals surface area contributed by atoms with Gasteiger partial charge in [0.2, 0.25) is 5.95 Å². The van der Waals surface area contributed by atoms with E-state index in [0.717, 1.165) is 18.5 Å². The maximum atomic E-state index is 12.7. The van der Waals surface area contributed by atoms with Gasteiger partial charge in [-0.15, -0.1) is 0 Å². The lowest BCUT2D eigenvalue weighted by Gasteiger charge is -2.19. The SMILES string of the molecule is Cc1cc(C(=O)NC2CCCCCC2)nc(N(C)Cc2ccccc2)n1. The molecule has 1 N–H and O–H groups in total. The Morgan fingerprint density at radius 1 is 1.12 bits per heavy atom. The van der Waals surface area contributed by atoms with Gasteiger partial charge in [-0.1, -0.05) is 56.0 Å². The van der Waals surface area contributed by atoms with Crippen molar-refractivity contribution < 1.29 is 4.79 Å². The summed E-state index contributed by atoms with van der Waals surface area (Å²) in [5, 5.41) is 3.17. The van der Waals surface area contributed by atoms with Crippen LogP contribution in [0.5, 0.6) is 0 Å². The third-order valence-corrected chi connectivity index (χ3v) is 4.87. The lowest BCUT2D eigenvalue weighted by atomic mass is 10.1. The number of carbonyl (C=O) groups excluding carboxylic acids is 1. The zero-order chi connectivity index (χ0) is 18.4. The zero-order valence-corrected chi connectivity index (χ0v) is 15.7. The number of aryl methyl sites for hydroxylation is 1. The predicted octanol–water partition coefficient (Wildman–Crippen LogP) is 3.87. The molecule has 5 heteroatoms. The molecule has 2 aromatic rings. The molecule has 0 radical (unpaired) electrons. The van der Waals surface area contributed by atoms with Crippen molar-refractivity contribution in [1.82, 2.24) is 15.3 Å². The quantitative estimate of drug-likeness (QED) is 0.830. The highest BCUT2D eigenvalue weighted by atomic mass is 16.1. The van der Waals surface area contributed by atoms with Gasteiger partial charge in [0, 0.05) is 25.3 Å². The highest BCUT2D eigenvalue weighted by Gasteiger charge is 2.18. The minimum absolute atomic E-state index is 0.0863. The van der Waals surface area contributed by atoms with E-state index in [9.17, 15) is 4.79 Å².